The monoisotopic (exact) mass is 293 g/mol. The Bertz CT molecular complexity index is 641. The minimum Gasteiger partial charge on any atom is -0.496 e. The van der Waals surface area contributed by atoms with Crippen LogP contribution in [-0.4, -0.2) is 37.9 Å². The first kappa shape index (κ1) is 14.4. The second kappa shape index (κ2) is 6.46. The number of nitrogens with zero attached hydrogens (tertiary/aromatic N) is 3. The van der Waals surface area contributed by atoms with E-state index in [1.807, 2.05) is 0 Å². The summed E-state index contributed by atoms with van der Waals surface area (Å²) in [5.74, 6) is 2.04. The summed E-state index contributed by atoms with van der Waals surface area (Å²) in [4.78, 5) is 0. The van der Waals surface area contributed by atoms with Crippen LogP contribution in [0.1, 0.15) is 5.56 Å². The number of aromatic nitrogens is 2. The Morgan fingerprint density at radius 3 is 2.33 bits per heavy atom. The number of nitrogens with one attached hydrogen (secondary N) is 1. The summed E-state index contributed by atoms with van der Waals surface area (Å²) in [7, 11) is 4.64. The van der Waals surface area contributed by atoms with E-state index < -0.39 is 0 Å². The van der Waals surface area contributed by atoms with Crippen molar-refractivity contribution in [3.8, 4) is 17.2 Å². The first-order valence-electron chi connectivity index (χ1n) is 5.86. The van der Waals surface area contributed by atoms with Gasteiger partial charge in [0.2, 0.25) is 11.6 Å². The lowest BCUT2D eigenvalue weighted by molar-refractivity contribution is 0.310. The van der Waals surface area contributed by atoms with Crippen LogP contribution in [0.2, 0.25) is 0 Å². The third kappa shape index (κ3) is 3.14. The summed E-state index contributed by atoms with van der Waals surface area (Å²) in [6.45, 7) is 0. The maximum Gasteiger partial charge on any atom is 0.235 e. The molecule has 0 spiro atoms. The van der Waals surface area contributed by atoms with E-state index in [2.05, 4.69) is 25.5 Å². The molecule has 112 valence electrons. The molecule has 0 amide bonds. The van der Waals surface area contributed by atoms with E-state index in [1.165, 1.54) is 6.21 Å². The van der Waals surface area contributed by atoms with Crippen molar-refractivity contribution < 1.29 is 18.8 Å². The van der Waals surface area contributed by atoms with Gasteiger partial charge in [-0.1, -0.05) is 0 Å². The van der Waals surface area contributed by atoms with E-state index in [4.69, 9.17) is 19.9 Å². The second-order valence-corrected chi connectivity index (χ2v) is 3.82. The van der Waals surface area contributed by atoms with Gasteiger partial charge in [-0.2, -0.15) is 5.10 Å². The summed E-state index contributed by atoms with van der Waals surface area (Å²) in [6, 6.07) is 3.43. The zero-order valence-electron chi connectivity index (χ0n) is 11.8. The highest BCUT2D eigenvalue weighted by Crippen LogP contribution is 2.33. The molecule has 0 saturated heterocycles. The minimum atomic E-state index is 0.117. The molecule has 0 aliphatic rings. The molecule has 1 aromatic heterocycles. The van der Waals surface area contributed by atoms with Crippen LogP contribution >= 0.6 is 0 Å². The minimum absolute atomic E-state index is 0.117. The molecule has 0 aliphatic heterocycles. The summed E-state index contributed by atoms with van der Waals surface area (Å²) >= 11 is 0. The van der Waals surface area contributed by atoms with Crippen LogP contribution in [0.3, 0.4) is 0 Å². The number of hydrogen-bond acceptors (Lipinski definition) is 9. The van der Waals surface area contributed by atoms with E-state index >= 15 is 0 Å². The van der Waals surface area contributed by atoms with Gasteiger partial charge in [0.15, 0.2) is 11.5 Å². The van der Waals surface area contributed by atoms with Gasteiger partial charge in [-0.3, -0.25) is 5.43 Å². The highest BCUT2D eigenvalue weighted by Gasteiger charge is 2.10. The first-order valence-corrected chi connectivity index (χ1v) is 5.86. The average molecular weight is 293 g/mol. The predicted molar refractivity (Wildman–Crippen MR) is 76.0 cm³/mol. The molecule has 9 heteroatoms. The number of anilines is 2. The highest BCUT2D eigenvalue weighted by atomic mass is 16.6. The number of ether oxygens (including phenoxy) is 3. The lowest BCUT2D eigenvalue weighted by Gasteiger charge is -2.11. The van der Waals surface area contributed by atoms with E-state index in [-0.39, 0.29) is 11.6 Å². The van der Waals surface area contributed by atoms with Crippen molar-refractivity contribution >= 4 is 17.9 Å². The van der Waals surface area contributed by atoms with Gasteiger partial charge < -0.3 is 19.9 Å². The van der Waals surface area contributed by atoms with Crippen LogP contribution in [0.5, 0.6) is 17.2 Å². The SMILES string of the molecule is COc1cc(OC)c(OC)cc1C=NNc1nonc1N. The number of methoxy groups -OCH3 is 3. The van der Waals surface area contributed by atoms with Crippen molar-refractivity contribution in [1.82, 2.24) is 10.3 Å². The summed E-state index contributed by atoms with van der Waals surface area (Å²) < 4.78 is 20.1. The smallest absolute Gasteiger partial charge is 0.235 e. The molecule has 0 aliphatic carbocycles. The van der Waals surface area contributed by atoms with Crippen molar-refractivity contribution in [2.24, 2.45) is 5.10 Å². The van der Waals surface area contributed by atoms with Crippen LogP contribution in [0, 0.1) is 0 Å². The molecule has 0 bridgehead atoms. The quantitative estimate of drug-likeness (QED) is 0.601. The fourth-order valence-electron chi connectivity index (χ4n) is 1.59. The largest absolute Gasteiger partial charge is 0.496 e. The maximum atomic E-state index is 5.49. The summed E-state index contributed by atoms with van der Waals surface area (Å²) in [5, 5.41) is 10.9. The summed E-state index contributed by atoms with van der Waals surface area (Å²) in [5.41, 5.74) is 8.78. The van der Waals surface area contributed by atoms with Crippen molar-refractivity contribution in [3.05, 3.63) is 17.7 Å². The first-order chi connectivity index (χ1) is 10.2. The molecule has 0 unspecified atom stereocenters. The van der Waals surface area contributed by atoms with Crippen LogP contribution in [0.15, 0.2) is 21.9 Å². The van der Waals surface area contributed by atoms with Gasteiger partial charge in [0, 0.05) is 11.6 Å². The maximum absolute atomic E-state index is 5.49. The third-order valence-corrected chi connectivity index (χ3v) is 2.62. The van der Waals surface area contributed by atoms with Crippen molar-refractivity contribution in [2.45, 2.75) is 0 Å². The normalized spacial score (nSPS) is 10.6. The van der Waals surface area contributed by atoms with Crippen LogP contribution in [0.4, 0.5) is 11.6 Å². The highest BCUT2D eigenvalue weighted by molar-refractivity contribution is 5.85. The number of hydrogen-bond donors (Lipinski definition) is 2. The molecule has 1 aromatic carbocycles. The molecule has 0 atom stereocenters. The molecule has 0 saturated carbocycles. The number of rotatable bonds is 6. The van der Waals surface area contributed by atoms with Crippen molar-refractivity contribution in [1.29, 1.82) is 0 Å². The lowest BCUT2D eigenvalue weighted by atomic mass is 10.2. The van der Waals surface area contributed by atoms with Gasteiger partial charge in [-0.25, -0.2) is 4.63 Å². The molecule has 2 rings (SSSR count). The number of nitrogen functional groups attached to an aromatic ring is 1. The zero-order valence-corrected chi connectivity index (χ0v) is 11.8. The fourth-order valence-corrected chi connectivity index (χ4v) is 1.59. The second-order valence-electron chi connectivity index (χ2n) is 3.82. The lowest BCUT2D eigenvalue weighted by Crippen LogP contribution is -1.99. The molecule has 0 fully saturated rings. The summed E-state index contributed by atoms with van der Waals surface area (Å²) in [6.07, 6.45) is 1.52. The Hall–Kier alpha value is -2.97. The van der Waals surface area contributed by atoms with E-state index in [0.717, 1.165) is 0 Å². The fraction of sp³-hybridized carbons (Fsp3) is 0.250. The number of hydrazone groups is 1. The Kier molecular flexibility index (Phi) is 4.44. The Morgan fingerprint density at radius 2 is 1.76 bits per heavy atom. The molecular formula is C12H15N5O4. The number of nitrogens with two attached hydrogens (primary N) is 1. The van der Waals surface area contributed by atoms with Crippen molar-refractivity contribution in [3.63, 3.8) is 0 Å². The topological polar surface area (TPSA) is 117 Å². The molecule has 9 nitrogen and oxygen atoms in total. The van der Waals surface area contributed by atoms with Gasteiger partial charge in [-0.15, -0.1) is 0 Å². The van der Waals surface area contributed by atoms with Gasteiger partial charge >= 0.3 is 0 Å². The Morgan fingerprint density at radius 1 is 1.10 bits per heavy atom. The van der Waals surface area contributed by atoms with E-state index in [9.17, 15) is 0 Å². The van der Waals surface area contributed by atoms with Crippen LogP contribution < -0.4 is 25.4 Å². The van der Waals surface area contributed by atoms with Crippen molar-refractivity contribution in [2.75, 3.05) is 32.5 Å². The molecule has 1 heterocycles. The van der Waals surface area contributed by atoms with Gasteiger partial charge in [0.25, 0.3) is 0 Å². The van der Waals surface area contributed by atoms with Crippen LogP contribution in [0.25, 0.3) is 0 Å². The predicted octanol–water partition coefficient (Wildman–Crippen LogP) is 1.12. The average Bonchev–Trinajstić information content (AvgIpc) is 2.92. The molecule has 21 heavy (non-hydrogen) atoms. The molecule has 0 radical (unpaired) electrons. The van der Waals surface area contributed by atoms with E-state index in [1.54, 1.807) is 33.5 Å². The van der Waals surface area contributed by atoms with Gasteiger partial charge in [-0.05, 0) is 16.4 Å². The Balaban J connectivity index is 2.24. The third-order valence-electron chi connectivity index (χ3n) is 2.62. The molecule has 3 N–H and O–H groups in total. The van der Waals surface area contributed by atoms with Crippen LogP contribution in [-0.2, 0) is 0 Å². The van der Waals surface area contributed by atoms with Gasteiger partial charge in [0.05, 0.1) is 27.5 Å². The zero-order chi connectivity index (χ0) is 15.2. The van der Waals surface area contributed by atoms with E-state index in [0.29, 0.717) is 22.8 Å². The molecule has 2 aromatic rings. The Labute approximate surface area is 120 Å². The molecular weight excluding hydrogens is 278 g/mol. The number of benzene rings is 1. The standard InChI is InChI=1S/C12H15N5O4/c1-18-8-5-10(20-3)9(19-2)4-7(8)6-14-15-12-11(13)16-21-17-12/h4-6H,1-3H3,(H2,13,16)(H,15,17). The van der Waals surface area contributed by atoms with Gasteiger partial charge in [0.1, 0.15) is 5.75 Å².